The highest BCUT2D eigenvalue weighted by Gasteiger charge is 2.52. The first kappa shape index (κ1) is 9.80. The zero-order valence-corrected chi connectivity index (χ0v) is 6.99. The molecule has 0 aliphatic carbocycles. The van der Waals surface area contributed by atoms with Gasteiger partial charge in [-0.2, -0.15) is 13.2 Å². The zero-order valence-electron chi connectivity index (χ0n) is 6.99. The molecular formula is C7H13F3N2. The summed E-state index contributed by atoms with van der Waals surface area (Å²) in [5.74, 6) is 0. The van der Waals surface area contributed by atoms with Crippen LogP contribution in [0.1, 0.15) is 12.8 Å². The highest BCUT2D eigenvalue weighted by Crippen LogP contribution is 2.34. The summed E-state index contributed by atoms with van der Waals surface area (Å²) in [6.07, 6.45) is -3.71. The molecule has 0 aromatic rings. The molecule has 1 aliphatic rings. The normalized spacial score (nSPS) is 33.8. The molecule has 12 heavy (non-hydrogen) atoms. The molecule has 0 amide bonds. The van der Waals surface area contributed by atoms with Gasteiger partial charge in [0.1, 0.15) is 5.54 Å². The summed E-state index contributed by atoms with van der Waals surface area (Å²) in [6.45, 7) is 0.617. The molecule has 2 nitrogen and oxygen atoms in total. The predicted molar refractivity (Wildman–Crippen MR) is 39.7 cm³/mol. The Labute approximate surface area is 69.5 Å². The van der Waals surface area contributed by atoms with E-state index in [2.05, 4.69) is 0 Å². The molecule has 5 heteroatoms. The largest absolute Gasteiger partial charge is 0.407 e. The summed E-state index contributed by atoms with van der Waals surface area (Å²) < 4.78 is 37.0. The smallest absolute Gasteiger partial charge is 0.317 e. The molecule has 1 rings (SSSR count). The Balaban J connectivity index is 2.70. The van der Waals surface area contributed by atoms with Gasteiger partial charge in [-0.15, -0.1) is 0 Å². The van der Waals surface area contributed by atoms with Crippen molar-refractivity contribution in [3.63, 3.8) is 0 Å². The number of alkyl halides is 3. The minimum Gasteiger partial charge on any atom is -0.317 e. The van der Waals surface area contributed by atoms with Gasteiger partial charge in [-0.25, -0.2) is 0 Å². The van der Waals surface area contributed by atoms with Crippen LogP contribution in [0.2, 0.25) is 0 Å². The maximum atomic E-state index is 12.3. The fourth-order valence-corrected chi connectivity index (χ4v) is 1.54. The number of hydrogen-bond acceptors (Lipinski definition) is 2. The van der Waals surface area contributed by atoms with Gasteiger partial charge in [-0.05, 0) is 26.4 Å². The van der Waals surface area contributed by atoms with Gasteiger partial charge in [0.15, 0.2) is 0 Å². The molecule has 0 radical (unpaired) electrons. The minimum atomic E-state index is -4.28. The van der Waals surface area contributed by atoms with E-state index in [0.717, 1.165) is 0 Å². The maximum absolute atomic E-state index is 12.3. The lowest BCUT2D eigenvalue weighted by atomic mass is 9.90. The second-order valence-electron chi connectivity index (χ2n) is 3.50. The van der Waals surface area contributed by atoms with Gasteiger partial charge in [0.25, 0.3) is 0 Å². The molecule has 1 fully saturated rings. The number of rotatable bonds is 0. The molecule has 0 bridgehead atoms. The van der Waals surface area contributed by atoms with E-state index < -0.39 is 11.7 Å². The van der Waals surface area contributed by atoms with Gasteiger partial charge < -0.3 is 10.6 Å². The highest BCUT2D eigenvalue weighted by molar-refractivity contribution is 4.96. The number of hydrogen-bond donors (Lipinski definition) is 1. The Bertz CT molecular complexity index is 169. The van der Waals surface area contributed by atoms with Crippen LogP contribution in [0.3, 0.4) is 0 Å². The van der Waals surface area contributed by atoms with E-state index in [1.807, 2.05) is 0 Å². The summed E-state index contributed by atoms with van der Waals surface area (Å²) in [7, 11) is 1.66. The van der Waals surface area contributed by atoms with Crippen molar-refractivity contribution in [2.24, 2.45) is 5.73 Å². The van der Waals surface area contributed by atoms with Crippen LogP contribution < -0.4 is 5.73 Å². The standard InChI is InChI=1S/C7H13F3N2/c1-12-4-2-3-6(11,5-12)7(8,9)10/h2-5,11H2,1H3. The first-order valence-electron chi connectivity index (χ1n) is 3.89. The maximum Gasteiger partial charge on any atom is 0.407 e. The van der Waals surface area contributed by atoms with Crippen molar-refractivity contribution in [3.05, 3.63) is 0 Å². The first-order chi connectivity index (χ1) is 5.35. The Morgan fingerprint density at radius 3 is 2.33 bits per heavy atom. The number of likely N-dealkylation sites (tertiary alicyclic amines) is 1. The van der Waals surface area contributed by atoms with Crippen LogP contribution in [0.4, 0.5) is 13.2 Å². The average Bonchev–Trinajstić information content (AvgIpc) is 1.83. The van der Waals surface area contributed by atoms with Crippen LogP contribution in [0.5, 0.6) is 0 Å². The third kappa shape index (κ3) is 1.72. The Hall–Kier alpha value is -0.290. The van der Waals surface area contributed by atoms with Crippen molar-refractivity contribution in [1.82, 2.24) is 4.90 Å². The molecule has 72 valence electrons. The van der Waals surface area contributed by atoms with Crippen LogP contribution in [-0.2, 0) is 0 Å². The van der Waals surface area contributed by atoms with Gasteiger partial charge in [-0.1, -0.05) is 0 Å². The van der Waals surface area contributed by atoms with Crippen LogP contribution in [0.15, 0.2) is 0 Å². The van der Waals surface area contributed by atoms with Gasteiger partial charge in [0.05, 0.1) is 0 Å². The SMILES string of the molecule is CN1CCCC(N)(C(F)(F)F)C1. The van der Waals surface area contributed by atoms with Crippen molar-refractivity contribution in [2.75, 3.05) is 20.1 Å². The molecular weight excluding hydrogens is 169 g/mol. The summed E-state index contributed by atoms with van der Waals surface area (Å²) in [5.41, 5.74) is 3.27. The predicted octanol–water partition coefficient (Wildman–Crippen LogP) is 0.972. The first-order valence-corrected chi connectivity index (χ1v) is 3.89. The zero-order chi connectivity index (χ0) is 9.41. The Morgan fingerprint density at radius 1 is 1.42 bits per heavy atom. The molecule has 1 saturated heterocycles. The topological polar surface area (TPSA) is 29.3 Å². The van der Waals surface area contributed by atoms with E-state index in [4.69, 9.17) is 5.73 Å². The minimum absolute atomic E-state index is 0.0425. The van der Waals surface area contributed by atoms with Crippen LogP contribution in [0.25, 0.3) is 0 Å². The second-order valence-corrected chi connectivity index (χ2v) is 3.50. The monoisotopic (exact) mass is 182 g/mol. The van der Waals surface area contributed by atoms with Gasteiger partial charge in [0, 0.05) is 6.54 Å². The van der Waals surface area contributed by atoms with Crippen molar-refractivity contribution < 1.29 is 13.2 Å². The van der Waals surface area contributed by atoms with Crippen LogP contribution in [0, 0.1) is 0 Å². The molecule has 2 N–H and O–H groups in total. The number of halogens is 3. The van der Waals surface area contributed by atoms with E-state index >= 15 is 0 Å². The second kappa shape index (κ2) is 2.88. The van der Waals surface area contributed by atoms with E-state index in [0.29, 0.717) is 13.0 Å². The third-order valence-corrected chi connectivity index (χ3v) is 2.28. The highest BCUT2D eigenvalue weighted by atomic mass is 19.4. The van der Waals surface area contributed by atoms with Gasteiger partial charge in [-0.3, -0.25) is 0 Å². The lowest BCUT2D eigenvalue weighted by molar-refractivity contribution is -0.197. The molecule has 0 aromatic heterocycles. The van der Waals surface area contributed by atoms with E-state index in [1.54, 1.807) is 11.9 Å². The lowest BCUT2D eigenvalue weighted by Crippen LogP contribution is -2.62. The quantitative estimate of drug-likeness (QED) is 0.605. The fourth-order valence-electron chi connectivity index (χ4n) is 1.54. The molecule has 0 spiro atoms. The average molecular weight is 182 g/mol. The number of nitrogens with zero attached hydrogens (tertiary/aromatic N) is 1. The number of likely N-dealkylation sites (N-methyl/N-ethyl adjacent to an activating group) is 1. The van der Waals surface area contributed by atoms with Crippen molar-refractivity contribution in [3.8, 4) is 0 Å². The van der Waals surface area contributed by atoms with E-state index in [-0.39, 0.29) is 13.0 Å². The van der Waals surface area contributed by atoms with E-state index in [9.17, 15) is 13.2 Å². The summed E-state index contributed by atoms with van der Waals surface area (Å²) in [5, 5.41) is 0. The van der Waals surface area contributed by atoms with Crippen LogP contribution >= 0.6 is 0 Å². The molecule has 0 aromatic carbocycles. The summed E-state index contributed by atoms with van der Waals surface area (Å²) >= 11 is 0. The summed E-state index contributed by atoms with van der Waals surface area (Å²) in [4.78, 5) is 1.62. The lowest BCUT2D eigenvalue weighted by Gasteiger charge is -2.39. The number of nitrogens with two attached hydrogens (primary N) is 1. The van der Waals surface area contributed by atoms with Gasteiger partial charge in [0.2, 0.25) is 0 Å². The molecule has 1 unspecified atom stereocenters. The molecule has 0 saturated carbocycles. The third-order valence-electron chi connectivity index (χ3n) is 2.28. The molecule has 1 atom stereocenters. The van der Waals surface area contributed by atoms with E-state index in [1.165, 1.54) is 0 Å². The van der Waals surface area contributed by atoms with Crippen LogP contribution in [-0.4, -0.2) is 36.8 Å². The fraction of sp³-hybridized carbons (Fsp3) is 1.00. The van der Waals surface area contributed by atoms with Crippen molar-refractivity contribution >= 4 is 0 Å². The number of piperidine rings is 1. The van der Waals surface area contributed by atoms with Gasteiger partial charge >= 0.3 is 6.18 Å². The Kier molecular flexibility index (Phi) is 2.35. The van der Waals surface area contributed by atoms with Crippen molar-refractivity contribution in [2.45, 2.75) is 24.6 Å². The summed E-state index contributed by atoms with van der Waals surface area (Å²) in [6, 6.07) is 0. The Morgan fingerprint density at radius 2 is 2.00 bits per heavy atom. The molecule has 1 heterocycles. The van der Waals surface area contributed by atoms with Crippen molar-refractivity contribution in [1.29, 1.82) is 0 Å². The molecule has 1 aliphatic heterocycles.